The largest absolute Gasteiger partial charge is 0.495 e. The van der Waals surface area contributed by atoms with E-state index in [1.54, 1.807) is 30.0 Å². The molecule has 0 aliphatic carbocycles. The van der Waals surface area contributed by atoms with Crippen LogP contribution < -0.4 is 16.2 Å². The zero-order valence-corrected chi connectivity index (χ0v) is 11.7. The Morgan fingerprint density at radius 2 is 2.10 bits per heavy atom. The SMILES string of the molecule is COc1ccc(C(=O)N2CCC(C)(C(N)=O)C2)cc1N. The summed E-state index contributed by atoms with van der Waals surface area (Å²) in [6, 6.07) is 4.91. The molecule has 1 saturated heterocycles. The number of benzene rings is 1. The second-order valence-electron chi connectivity index (χ2n) is 5.36. The fraction of sp³-hybridized carbons (Fsp3) is 0.429. The summed E-state index contributed by atoms with van der Waals surface area (Å²) in [6.45, 7) is 2.64. The molecule has 1 heterocycles. The maximum Gasteiger partial charge on any atom is 0.253 e. The van der Waals surface area contributed by atoms with Crippen LogP contribution in [-0.4, -0.2) is 36.9 Å². The summed E-state index contributed by atoms with van der Waals surface area (Å²) in [4.78, 5) is 25.4. The van der Waals surface area contributed by atoms with Gasteiger partial charge in [-0.3, -0.25) is 9.59 Å². The topological polar surface area (TPSA) is 98.6 Å². The Labute approximate surface area is 117 Å². The van der Waals surface area contributed by atoms with Gasteiger partial charge in [0.25, 0.3) is 5.91 Å². The quantitative estimate of drug-likeness (QED) is 0.791. The first kappa shape index (κ1) is 14.2. The number of methoxy groups -OCH3 is 1. The third-order valence-corrected chi connectivity index (χ3v) is 3.83. The number of primary amides is 1. The predicted molar refractivity (Wildman–Crippen MR) is 75.2 cm³/mol. The number of carbonyl (C=O) groups excluding carboxylic acids is 2. The molecule has 1 unspecified atom stereocenters. The van der Waals surface area contributed by atoms with E-state index >= 15 is 0 Å². The molecule has 4 N–H and O–H groups in total. The Balaban J connectivity index is 2.17. The standard InChI is InChI=1S/C14H19N3O3/c1-14(13(16)19)5-6-17(8-14)12(18)9-3-4-11(20-2)10(15)7-9/h3-4,7H,5-6,8,15H2,1-2H3,(H2,16,19). The number of likely N-dealkylation sites (tertiary alicyclic amines) is 1. The molecule has 6 heteroatoms. The highest BCUT2D eigenvalue weighted by molar-refractivity contribution is 5.96. The average molecular weight is 277 g/mol. The van der Waals surface area contributed by atoms with Gasteiger partial charge < -0.3 is 21.1 Å². The minimum absolute atomic E-state index is 0.149. The van der Waals surface area contributed by atoms with Gasteiger partial charge in [-0.15, -0.1) is 0 Å². The molecule has 0 radical (unpaired) electrons. The molecule has 6 nitrogen and oxygen atoms in total. The number of ether oxygens (including phenoxy) is 1. The van der Waals surface area contributed by atoms with Gasteiger partial charge in [-0.2, -0.15) is 0 Å². The van der Waals surface area contributed by atoms with Crippen LogP contribution in [-0.2, 0) is 4.79 Å². The number of hydrogen-bond acceptors (Lipinski definition) is 4. The van der Waals surface area contributed by atoms with E-state index in [1.165, 1.54) is 7.11 Å². The van der Waals surface area contributed by atoms with E-state index in [9.17, 15) is 9.59 Å². The van der Waals surface area contributed by atoms with Crippen LogP contribution in [0.25, 0.3) is 0 Å². The van der Waals surface area contributed by atoms with Gasteiger partial charge >= 0.3 is 0 Å². The highest BCUT2D eigenvalue weighted by Crippen LogP contribution is 2.31. The smallest absolute Gasteiger partial charge is 0.253 e. The Morgan fingerprint density at radius 3 is 2.60 bits per heavy atom. The van der Waals surface area contributed by atoms with E-state index in [4.69, 9.17) is 16.2 Å². The van der Waals surface area contributed by atoms with Gasteiger partial charge in [0.2, 0.25) is 5.91 Å². The number of anilines is 1. The van der Waals surface area contributed by atoms with Crippen LogP contribution in [0.1, 0.15) is 23.7 Å². The molecule has 2 rings (SSSR count). The van der Waals surface area contributed by atoms with E-state index in [-0.39, 0.29) is 11.8 Å². The van der Waals surface area contributed by atoms with Crippen molar-refractivity contribution in [3.8, 4) is 5.75 Å². The van der Waals surface area contributed by atoms with Crippen molar-refractivity contribution in [3.63, 3.8) is 0 Å². The summed E-state index contributed by atoms with van der Waals surface area (Å²) >= 11 is 0. The van der Waals surface area contributed by atoms with Crippen molar-refractivity contribution in [3.05, 3.63) is 23.8 Å². The molecule has 2 amide bonds. The van der Waals surface area contributed by atoms with Gasteiger partial charge in [-0.25, -0.2) is 0 Å². The second-order valence-corrected chi connectivity index (χ2v) is 5.36. The van der Waals surface area contributed by atoms with Crippen molar-refractivity contribution < 1.29 is 14.3 Å². The molecule has 0 spiro atoms. The summed E-state index contributed by atoms with van der Waals surface area (Å²) in [5, 5.41) is 0. The van der Waals surface area contributed by atoms with E-state index in [0.29, 0.717) is 36.5 Å². The zero-order valence-electron chi connectivity index (χ0n) is 11.7. The Kier molecular flexibility index (Phi) is 3.57. The van der Waals surface area contributed by atoms with Crippen molar-refractivity contribution >= 4 is 17.5 Å². The lowest BCUT2D eigenvalue weighted by Gasteiger charge is -2.21. The third kappa shape index (κ3) is 2.41. The molecule has 1 aliphatic rings. The number of nitrogens with two attached hydrogens (primary N) is 2. The number of nitrogen functional groups attached to an aromatic ring is 1. The maximum atomic E-state index is 12.4. The van der Waals surface area contributed by atoms with E-state index in [1.807, 2.05) is 0 Å². The van der Waals surface area contributed by atoms with E-state index in [0.717, 1.165) is 0 Å². The summed E-state index contributed by atoms with van der Waals surface area (Å²) in [5.74, 6) is 0.0105. The molecule has 1 atom stereocenters. The van der Waals surface area contributed by atoms with Crippen LogP contribution in [0, 0.1) is 5.41 Å². The van der Waals surface area contributed by atoms with Gasteiger partial charge in [0.05, 0.1) is 18.2 Å². The lowest BCUT2D eigenvalue weighted by Crippen LogP contribution is -2.38. The van der Waals surface area contributed by atoms with Gasteiger partial charge in [0, 0.05) is 18.7 Å². The average Bonchev–Trinajstić information content (AvgIpc) is 2.82. The van der Waals surface area contributed by atoms with Crippen molar-refractivity contribution in [1.82, 2.24) is 4.90 Å². The molecule has 1 fully saturated rings. The fourth-order valence-electron chi connectivity index (χ4n) is 2.39. The highest BCUT2D eigenvalue weighted by atomic mass is 16.5. The monoisotopic (exact) mass is 277 g/mol. The molecule has 0 aromatic heterocycles. The van der Waals surface area contributed by atoms with Crippen molar-refractivity contribution in [2.45, 2.75) is 13.3 Å². The molecule has 1 aromatic carbocycles. The molecule has 0 saturated carbocycles. The highest BCUT2D eigenvalue weighted by Gasteiger charge is 2.40. The molecule has 1 aromatic rings. The zero-order chi connectivity index (χ0) is 14.9. The normalized spacial score (nSPS) is 21.8. The predicted octanol–water partition coefficient (Wildman–Crippen LogP) is 0.615. The lowest BCUT2D eigenvalue weighted by molar-refractivity contribution is -0.126. The molecular weight excluding hydrogens is 258 g/mol. The second kappa shape index (κ2) is 5.03. The van der Waals surface area contributed by atoms with Crippen LogP contribution in [0.2, 0.25) is 0 Å². The molecule has 1 aliphatic heterocycles. The van der Waals surface area contributed by atoms with E-state index < -0.39 is 5.41 Å². The van der Waals surface area contributed by atoms with Crippen LogP contribution in [0.3, 0.4) is 0 Å². The first-order chi connectivity index (χ1) is 9.37. The summed E-state index contributed by atoms with van der Waals surface area (Å²) < 4.78 is 5.06. The van der Waals surface area contributed by atoms with E-state index in [2.05, 4.69) is 0 Å². The van der Waals surface area contributed by atoms with Gasteiger partial charge in [0.15, 0.2) is 0 Å². The molecular formula is C14H19N3O3. The van der Waals surface area contributed by atoms with Crippen LogP contribution in [0.15, 0.2) is 18.2 Å². The first-order valence-corrected chi connectivity index (χ1v) is 6.40. The number of hydrogen-bond donors (Lipinski definition) is 2. The molecule has 0 bridgehead atoms. The molecule has 20 heavy (non-hydrogen) atoms. The minimum atomic E-state index is -0.645. The first-order valence-electron chi connectivity index (χ1n) is 6.40. The Bertz CT molecular complexity index is 559. The minimum Gasteiger partial charge on any atom is -0.495 e. The number of amides is 2. The maximum absolute atomic E-state index is 12.4. The van der Waals surface area contributed by atoms with Crippen LogP contribution >= 0.6 is 0 Å². The number of rotatable bonds is 3. The Hall–Kier alpha value is -2.24. The van der Waals surface area contributed by atoms with Gasteiger partial charge in [-0.05, 0) is 31.5 Å². The van der Waals surface area contributed by atoms with Crippen LogP contribution in [0.5, 0.6) is 5.75 Å². The van der Waals surface area contributed by atoms with Crippen molar-refractivity contribution in [1.29, 1.82) is 0 Å². The van der Waals surface area contributed by atoms with Crippen molar-refractivity contribution in [2.75, 3.05) is 25.9 Å². The van der Waals surface area contributed by atoms with Crippen LogP contribution in [0.4, 0.5) is 5.69 Å². The number of carbonyl (C=O) groups is 2. The third-order valence-electron chi connectivity index (χ3n) is 3.83. The summed E-state index contributed by atoms with van der Waals surface area (Å²) in [6.07, 6.45) is 0.583. The van der Waals surface area contributed by atoms with Gasteiger partial charge in [0.1, 0.15) is 5.75 Å². The lowest BCUT2D eigenvalue weighted by atomic mass is 9.89. The Morgan fingerprint density at radius 1 is 1.40 bits per heavy atom. The fourth-order valence-corrected chi connectivity index (χ4v) is 2.39. The molecule has 108 valence electrons. The number of nitrogens with zero attached hydrogens (tertiary/aromatic N) is 1. The summed E-state index contributed by atoms with van der Waals surface area (Å²) in [7, 11) is 1.52. The summed E-state index contributed by atoms with van der Waals surface area (Å²) in [5.41, 5.74) is 11.4. The van der Waals surface area contributed by atoms with Gasteiger partial charge in [-0.1, -0.05) is 0 Å². The van der Waals surface area contributed by atoms with Crippen molar-refractivity contribution in [2.24, 2.45) is 11.1 Å².